The average molecular weight is 271 g/mol. The van der Waals surface area contributed by atoms with Gasteiger partial charge in [-0.15, -0.1) is 0 Å². The van der Waals surface area contributed by atoms with Crippen LogP contribution in [-0.2, 0) is 0 Å². The van der Waals surface area contributed by atoms with E-state index in [1.54, 1.807) is 0 Å². The van der Waals surface area contributed by atoms with Crippen molar-refractivity contribution in [2.75, 3.05) is 11.9 Å². The normalized spacial score (nSPS) is 16.4. The molecule has 1 aromatic rings. The summed E-state index contributed by atoms with van der Waals surface area (Å²) in [7, 11) is 0. The summed E-state index contributed by atoms with van der Waals surface area (Å²) in [6, 6.07) is 0.673. The van der Waals surface area contributed by atoms with Gasteiger partial charge in [0.15, 0.2) is 0 Å². The van der Waals surface area contributed by atoms with Gasteiger partial charge in [0.25, 0.3) is 0 Å². The zero-order chi connectivity index (χ0) is 13.0. The minimum absolute atomic E-state index is 0.164. The van der Waals surface area contributed by atoms with E-state index in [1.807, 2.05) is 6.92 Å². The van der Waals surface area contributed by atoms with Gasteiger partial charge in [0.05, 0.1) is 6.61 Å². The zero-order valence-corrected chi connectivity index (χ0v) is 11.6. The summed E-state index contributed by atoms with van der Waals surface area (Å²) >= 11 is 5.85. The largest absolute Gasteiger partial charge is 0.464 e. The number of halogens is 1. The molecule has 1 aromatic heterocycles. The van der Waals surface area contributed by atoms with Gasteiger partial charge in [0.2, 0.25) is 11.2 Å². The van der Waals surface area contributed by atoms with E-state index in [2.05, 4.69) is 27.2 Å². The van der Waals surface area contributed by atoms with Crippen LogP contribution in [0.4, 0.5) is 5.95 Å². The Bertz CT molecular complexity index is 398. The molecule has 0 aliphatic heterocycles. The van der Waals surface area contributed by atoms with E-state index in [1.165, 1.54) is 19.3 Å². The molecule has 1 atom stereocenters. The minimum atomic E-state index is 0.164. The molecule has 1 fully saturated rings. The fourth-order valence-corrected chi connectivity index (χ4v) is 2.01. The number of nitrogens with zero attached hydrogens (tertiary/aromatic N) is 3. The zero-order valence-electron chi connectivity index (χ0n) is 10.8. The average Bonchev–Trinajstić information content (AvgIpc) is 3.12. The summed E-state index contributed by atoms with van der Waals surface area (Å²) in [5.74, 6) is 1.37. The molecule has 0 amide bonds. The first kappa shape index (κ1) is 13.3. The van der Waals surface area contributed by atoms with E-state index in [-0.39, 0.29) is 11.3 Å². The third kappa shape index (κ3) is 3.98. The number of hydrogen-bond donors (Lipinski definition) is 1. The second-order valence-electron chi connectivity index (χ2n) is 4.57. The van der Waals surface area contributed by atoms with Crippen LogP contribution in [0.25, 0.3) is 0 Å². The third-order valence-corrected chi connectivity index (χ3v) is 3.17. The van der Waals surface area contributed by atoms with E-state index < -0.39 is 0 Å². The lowest BCUT2D eigenvalue weighted by Crippen LogP contribution is -2.21. The van der Waals surface area contributed by atoms with Crippen LogP contribution in [0.5, 0.6) is 6.01 Å². The number of hydrogen-bond acceptors (Lipinski definition) is 5. The number of aromatic nitrogens is 3. The van der Waals surface area contributed by atoms with E-state index in [9.17, 15) is 0 Å². The topological polar surface area (TPSA) is 59.9 Å². The summed E-state index contributed by atoms with van der Waals surface area (Å²) in [6.45, 7) is 4.55. The molecule has 0 aromatic carbocycles. The fourth-order valence-electron chi connectivity index (χ4n) is 1.86. The highest BCUT2D eigenvalue weighted by atomic mass is 35.5. The maximum absolute atomic E-state index is 5.85. The molecule has 1 aliphatic rings. The lowest BCUT2D eigenvalue weighted by atomic mass is 10.1. The molecule has 6 heteroatoms. The molecular formula is C12H19ClN4O. The molecule has 1 N–H and O–H groups in total. The Labute approximate surface area is 112 Å². The maximum atomic E-state index is 5.85. The molecule has 1 heterocycles. The number of nitrogens with one attached hydrogen (secondary N) is 1. The van der Waals surface area contributed by atoms with Gasteiger partial charge in [-0.2, -0.15) is 15.0 Å². The van der Waals surface area contributed by atoms with Crippen LogP contribution in [-0.4, -0.2) is 27.6 Å². The molecule has 1 unspecified atom stereocenters. The summed E-state index contributed by atoms with van der Waals surface area (Å²) in [4.78, 5) is 12.2. The maximum Gasteiger partial charge on any atom is 0.322 e. The van der Waals surface area contributed by atoms with Crippen molar-refractivity contribution in [3.63, 3.8) is 0 Å². The van der Waals surface area contributed by atoms with Gasteiger partial charge in [-0.05, 0) is 37.3 Å². The third-order valence-electron chi connectivity index (χ3n) is 3.00. The molecular weight excluding hydrogens is 252 g/mol. The smallest absolute Gasteiger partial charge is 0.322 e. The Morgan fingerprint density at radius 1 is 1.33 bits per heavy atom. The van der Waals surface area contributed by atoms with Crippen molar-refractivity contribution < 1.29 is 4.74 Å². The lowest BCUT2D eigenvalue weighted by molar-refractivity contribution is 0.311. The van der Waals surface area contributed by atoms with Crippen LogP contribution in [0, 0.1) is 5.92 Å². The quantitative estimate of drug-likeness (QED) is 0.825. The van der Waals surface area contributed by atoms with Gasteiger partial charge >= 0.3 is 6.01 Å². The second kappa shape index (κ2) is 6.18. The minimum Gasteiger partial charge on any atom is -0.464 e. The van der Waals surface area contributed by atoms with Crippen LogP contribution in [0.2, 0.25) is 5.28 Å². The number of rotatable bonds is 7. The van der Waals surface area contributed by atoms with Gasteiger partial charge in [-0.25, -0.2) is 0 Å². The molecule has 2 rings (SSSR count). The highest BCUT2D eigenvalue weighted by Crippen LogP contribution is 2.34. The van der Waals surface area contributed by atoms with Crippen LogP contribution in [0.1, 0.15) is 39.5 Å². The summed E-state index contributed by atoms with van der Waals surface area (Å²) in [5.41, 5.74) is 0. The molecule has 0 bridgehead atoms. The van der Waals surface area contributed by atoms with Crippen molar-refractivity contribution in [1.29, 1.82) is 0 Å². The molecule has 1 saturated carbocycles. The van der Waals surface area contributed by atoms with Crippen molar-refractivity contribution in [3.05, 3.63) is 5.28 Å². The van der Waals surface area contributed by atoms with Crippen LogP contribution in [0.3, 0.4) is 0 Å². The predicted octanol–water partition coefficient (Wildman–Crippen LogP) is 2.91. The lowest BCUT2D eigenvalue weighted by Gasteiger charge is -2.16. The Morgan fingerprint density at radius 3 is 2.72 bits per heavy atom. The fraction of sp³-hybridized carbons (Fsp3) is 0.750. The molecule has 100 valence electrons. The summed E-state index contributed by atoms with van der Waals surface area (Å²) in [6.07, 6.45) is 4.91. The van der Waals surface area contributed by atoms with Crippen molar-refractivity contribution in [3.8, 4) is 6.01 Å². The molecule has 18 heavy (non-hydrogen) atoms. The van der Waals surface area contributed by atoms with Gasteiger partial charge in [0, 0.05) is 6.04 Å². The monoisotopic (exact) mass is 270 g/mol. The van der Waals surface area contributed by atoms with Gasteiger partial charge < -0.3 is 10.1 Å². The van der Waals surface area contributed by atoms with Crippen LogP contribution in [0.15, 0.2) is 0 Å². The van der Waals surface area contributed by atoms with Crippen LogP contribution >= 0.6 is 11.6 Å². The molecule has 5 nitrogen and oxygen atoms in total. The molecule has 1 aliphatic carbocycles. The van der Waals surface area contributed by atoms with Crippen molar-refractivity contribution in [2.45, 2.75) is 45.6 Å². The first-order chi connectivity index (χ1) is 8.71. The van der Waals surface area contributed by atoms with Crippen molar-refractivity contribution in [1.82, 2.24) is 15.0 Å². The van der Waals surface area contributed by atoms with Crippen molar-refractivity contribution >= 4 is 17.5 Å². The SMILES string of the molecule is CCOc1nc(Cl)nc(NC(CC)CC2CC2)n1. The van der Waals surface area contributed by atoms with E-state index >= 15 is 0 Å². The first-order valence-corrected chi connectivity index (χ1v) is 6.90. The molecule has 0 saturated heterocycles. The Hall–Kier alpha value is -1.10. The highest BCUT2D eigenvalue weighted by Gasteiger charge is 2.25. The molecule has 0 radical (unpaired) electrons. The summed E-state index contributed by atoms with van der Waals surface area (Å²) in [5, 5.41) is 3.48. The Balaban J connectivity index is 2.01. The second-order valence-corrected chi connectivity index (χ2v) is 4.91. The van der Waals surface area contributed by atoms with E-state index in [0.717, 1.165) is 12.3 Å². The highest BCUT2D eigenvalue weighted by molar-refractivity contribution is 6.28. The van der Waals surface area contributed by atoms with E-state index in [0.29, 0.717) is 18.6 Å². The Kier molecular flexibility index (Phi) is 4.58. The van der Waals surface area contributed by atoms with Gasteiger partial charge in [-0.1, -0.05) is 19.8 Å². The first-order valence-electron chi connectivity index (χ1n) is 6.52. The van der Waals surface area contributed by atoms with Crippen molar-refractivity contribution in [2.24, 2.45) is 5.92 Å². The number of ether oxygens (including phenoxy) is 1. The van der Waals surface area contributed by atoms with Gasteiger partial charge in [0.1, 0.15) is 0 Å². The standard InChI is InChI=1S/C12H19ClN4O/c1-3-9(7-8-5-6-8)14-11-15-10(13)16-12(17-11)18-4-2/h8-9H,3-7H2,1-2H3,(H,14,15,16,17). The summed E-state index contributed by atoms with van der Waals surface area (Å²) < 4.78 is 5.25. The van der Waals surface area contributed by atoms with Crippen LogP contribution < -0.4 is 10.1 Å². The Morgan fingerprint density at radius 2 is 2.11 bits per heavy atom. The van der Waals surface area contributed by atoms with Gasteiger partial charge in [-0.3, -0.25) is 0 Å². The predicted molar refractivity (Wildman–Crippen MR) is 71.0 cm³/mol. The number of anilines is 1. The molecule has 0 spiro atoms. The van der Waals surface area contributed by atoms with E-state index in [4.69, 9.17) is 16.3 Å².